The lowest BCUT2D eigenvalue weighted by Gasteiger charge is -2.22. The average molecular weight is 236 g/mol. The molecule has 0 spiro atoms. The Morgan fingerprint density at radius 3 is 2.81 bits per heavy atom. The topological polar surface area (TPSA) is 15.6 Å². The van der Waals surface area contributed by atoms with Crippen molar-refractivity contribution in [2.75, 3.05) is 20.1 Å². The molecule has 0 aromatic rings. The van der Waals surface area contributed by atoms with Gasteiger partial charge in [-0.1, -0.05) is 32.1 Å². The zero-order chi connectivity index (χ0) is 12.0. The van der Waals surface area contributed by atoms with Gasteiger partial charge in [-0.25, -0.2) is 0 Å². The van der Waals surface area contributed by atoms with Crippen molar-refractivity contribution in [3.05, 3.63) is 24.3 Å². The number of thiocarbonyl (C=S) groups is 1. The van der Waals surface area contributed by atoms with E-state index in [0.29, 0.717) is 5.92 Å². The molecule has 0 saturated carbocycles. The molecular formula is C13H20N2S. The van der Waals surface area contributed by atoms with Crippen molar-refractivity contribution in [2.45, 2.75) is 20.3 Å². The van der Waals surface area contributed by atoms with E-state index in [-0.39, 0.29) is 0 Å². The van der Waals surface area contributed by atoms with E-state index in [1.54, 1.807) is 0 Å². The third-order valence-corrected chi connectivity index (χ3v) is 2.63. The third-order valence-electron chi connectivity index (χ3n) is 2.36. The van der Waals surface area contributed by atoms with Gasteiger partial charge in [0.05, 0.1) is 0 Å². The first kappa shape index (κ1) is 13.1. The molecule has 0 aromatic carbocycles. The quantitative estimate of drug-likeness (QED) is 0.551. The number of allylic oxidation sites excluding steroid dienone is 3. The molecule has 0 aliphatic carbocycles. The van der Waals surface area contributed by atoms with E-state index >= 15 is 0 Å². The van der Waals surface area contributed by atoms with Crippen LogP contribution in [0.15, 0.2) is 29.3 Å². The fourth-order valence-electron chi connectivity index (χ4n) is 1.42. The fourth-order valence-corrected chi connectivity index (χ4v) is 1.56. The highest BCUT2D eigenvalue weighted by Crippen LogP contribution is 2.02. The number of rotatable bonds is 4. The van der Waals surface area contributed by atoms with Crippen molar-refractivity contribution in [1.29, 1.82) is 0 Å². The van der Waals surface area contributed by atoms with Gasteiger partial charge in [0.15, 0.2) is 0 Å². The number of aliphatic imine (C=N–C) groups is 1. The molecule has 0 amide bonds. The van der Waals surface area contributed by atoms with Gasteiger partial charge in [0.1, 0.15) is 5.84 Å². The van der Waals surface area contributed by atoms with Crippen molar-refractivity contribution in [2.24, 2.45) is 10.9 Å². The summed E-state index contributed by atoms with van der Waals surface area (Å²) in [5.41, 5.74) is 0. The van der Waals surface area contributed by atoms with Crippen molar-refractivity contribution >= 4 is 22.9 Å². The Morgan fingerprint density at radius 2 is 2.19 bits per heavy atom. The largest absolute Gasteiger partial charge is 0.360 e. The van der Waals surface area contributed by atoms with E-state index in [0.717, 1.165) is 30.2 Å². The summed E-state index contributed by atoms with van der Waals surface area (Å²) in [5.74, 6) is 1.58. The molecule has 3 heteroatoms. The van der Waals surface area contributed by atoms with Gasteiger partial charge in [0, 0.05) is 25.0 Å². The van der Waals surface area contributed by atoms with Gasteiger partial charge in [0.2, 0.25) is 0 Å². The van der Waals surface area contributed by atoms with Gasteiger partial charge in [-0.3, -0.25) is 4.99 Å². The zero-order valence-electron chi connectivity index (χ0n) is 10.3. The summed E-state index contributed by atoms with van der Waals surface area (Å²) < 4.78 is 0. The molecule has 16 heavy (non-hydrogen) atoms. The van der Waals surface area contributed by atoms with Crippen molar-refractivity contribution < 1.29 is 0 Å². The highest BCUT2D eigenvalue weighted by atomic mass is 32.1. The van der Waals surface area contributed by atoms with Crippen molar-refractivity contribution in [3.8, 4) is 0 Å². The molecular weight excluding hydrogens is 216 g/mol. The van der Waals surface area contributed by atoms with Crippen molar-refractivity contribution in [3.63, 3.8) is 0 Å². The van der Waals surface area contributed by atoms with Gasteiger partial charge in [-0.15, -0.1) is 0 Å². The Bertz CT molecular complexity index is 327. The van der Waals surface area contributed by atoms with E-state index in [1.807, 2.05) is 18.2 Å². The Morgan fingerprint density at radius 1 is 1.44 bits per heavy atom. The standard InChI is InChI=1S/C13H20N2S/c1-11(2)5-6-12(16)7-8-13-14-9-4-10-15(13)3/h5-8,11H,4,9-10H2,1-3H3/b6-5-,8-7+. The van der Waals surface area contributed by atoms with E-state index in [1.165, 1.54) is 0 Å². The lowest BCUT2D eigenvalue weighted by atomic mass is 10.2. The SMILES string of the molecule is CC(C)/C=C\C(=S)/C=C/C1=NCCCN1C. The Balaban J connectivity index is 2.53. The van der Waals surface area contributed by atoms with Crippen LogP contribution < -0.4 is 0 Å². The van der Waals surface area contributed by atoms with E-state index < -0.39 is 0 Å². The first-order valence-corrected chi connectivity index (χ1v) is 6.16. The first-order valence-electron chi connectivity index (χ1n) is 5.75. The third kappa shape index (κ3) is 4.71. The molecule has 1 rings (SSSR count). The lowest BCUT2D eigenvalue weighted by molar-refractivity contribution is 0.470. The minimum absolute atomic E-state index is 0.543. The predicted octanol–water partition coefficient (Wildman–Crippen LogP) is 2.86. The normalized spacial score (nSPS) is 17.5. The molecule has 2 nitrogen and oxygen atoms in total. The second-order valence-corrected chi connectivity index (χ2v) is 4.83. The molecule has 0 unspecified atom stereocenters. The minimum Gasteiger partial charge on any atom is -0.360 e. The molecule has 0 radical (unpaired) electrons. The number of amidine groups is 1. The van der Waals surface area contributed by atoms with E-state index in [9.17, 15) is 0 Å². The van der Waals surface area contributed by atoms with Crippen LogP contribution in [0.1, 0.15) is 20.3 Å². The van der Waals surface area contributed by atoms with Crippen LogP contribution in [-0.2, 0) is 0 Å². The van der Waals surface area contributed by atoms with Gasteiger partial charge in [0.25, 0.3) is 0 Å². The average Bonchev–Trinajstić information content (AvgIpc) is 2.25. The Hall–Kier alpha value is -0.960. The summed E-state index contributed by atoms with van der Waals surface area (Å²) in [6.45, 7) is 6.29. The highest BCUT2D eigenvalue weighted by Gasteiger charge is 2.06. The summed E-state index contributed by atoms with van der Waals surface area (Å²) in [6, 6.07) is 0. The molecule has 1 aliphatic heterocycles. The van der Waals surface area contributed by atoms with E-state index in [4.69, 9.17) is 12.2 Å². The molecule has 0 fully saturated rings. The second kappa shape index (κ2) is 6.59. The van der Waals surface area contributed by atoms with Crippen LogP contribution in [0.2, 0.25) is 0 Å². The van der Waals surface area contributed by atoms with Crippen LogP contribution in [0.4, 0.5) is 0 Å². The fraction of sp³-hybridized carbons (Fsp3) is 0.538. The van der Waals surface area contributed by atoms with Crippen LogP contribution in [-0.4, -0.2) is 35.7 Å². The maximum absolute atomic E-state index is 5.23. The van der Waals surface area contributed by atoms with Crippen LogP contribution in [0.3, 0.4) is 0 Å². The predicted molar refractivity (Wildman–Crippen MR) is 75.3 cm³/mol. The molecule has 0 atom stereocenters. The van der Waals surface area contributed by atoms with Crippen LogP contribution >= 0.6 is 12.2 Å². The molecule has 1 aliphatic rings. The Labute approximate surface area is 104 Å². The Kier molecular flexibility index (Phi) is 5.39. The number of likely N-dealkylation sites (N-methyl/N-ethyl adjacent to an activating group) is 1. The molecule has 0 aromatic heterocycles. The minimum atomic E-state index is 0.543. The summed E-state index contributed by atoms with van der Waals surface area (Å²) in [4.78, 5) is 7.47. The maximum Gasteiger partial charge on any atom is 0.123 e. The zero-order valence-corrected chi connectivity index (χ0v) is 11.1. The van der Waals surface area contributed by atoms with Gasteiger partial charge < -0.3 is 4.90 Å². The summed E-state index contributed by atoms with van der Waals surface area (Å²) in [5, 5.41) is 0. The first-order chi connectivity index (χ1) is 7.59. The maximum atomic E-state index is 5.23. The van der Waals surface area contributed by atoms with Gasteiger partial charge in [-0.2, -0.15) is 0 Å². The van der Waals surface area contributed by atoms with Crippen LogP contribution in [0.5, 0.6) is 0 Å². The molecule has 0 saturated heterocycles. The summed E-state index contributed by atoms with van der Waals surface area (Å²) in [6.07, 6.45) is 9.20. The molecule has 88 valence electrons. The monoisotopic (exact) mass is 236 g/mol. The van der Waals surface area contributed by atoms with Crippen molar-refractivity contribution in [1.82, 2.24) is 4.90 Å². The molecule has 0 N–H and O–H groups in total. The molecule has 1 heterocycles. The van der Waals surface area contributed by atoms with Gasteiger partial charge >= 0.3 is 0 Å². The lowest BCUT2D eigenvalue weighted by Crippen LogP contribution is -2.30. The number of hydrogen-bond donors (Lipinski definition) is 0. The molecule has 0 bridgehead atoms. The van der Waals surface area contributed by atoms with E-state index in [2.05, 4.69) is 36.9 Å². The number of hydrogen-bond acceptors (Lipinski definition) is 3. The highest BCUT2D eigenvalue weighted by molar-refractivity contribution is 7.81. The van der Waals surface area contributed by atoms with Crippen LogP contribution in [0.25, 0.3) is 0 Å². The smallest absolute Gasteiger partial charge is 0.123 e. The number of nitrogens with zero attached hydrogens (tertiary/aromatic N) is 2. The van der Waals surface area contributed by atoms with Crippen LogP contribution in [0, 0.1) is 5.92 Å². The van der Waals surface area contributed by atoms with Gasteiger partial charge in [-0.05, 0) is 30.6 Å². The second-order valence-electron chi connectivity index (χ2n) is 4.35. The summed E-state index contributed by atoms with van der Waals surface area (Å²) >= 11 is 5.23. The summed E-state index contributed by atoms with van der Waals surface area (Å²) in [7, 11) is 2.06.